The van der Waals surface area contributed by atoms with Gasteiger partial charge in [0.15, 0.2) is 4.24 Å². The van der Waals surface area contributed by atoms with Gasteiger partial charge in [-0.1, -0.05) is 13.8 Å². The van der Waals surface area contributed by atoms with Crippen LogP contribution in [0.4, 0.5) is 0 Å². The van der Waals surface area contributed by atoms with Crippen molar-refractivity contribution in [1.82, 2.24) is 5.32 Å². The molecule has 108 valence electrons. The first-order valence-corrected chi connectivity index (χ1v) is 9.72. The van der Waals surface area contributed by atoms with Crippen LogP contribution < -0.4 is 10.5 Å². The van der Waals surface area contributed by atoms with E-state index in [1.54, 1.807) is 0 Å². The SMILES string of the molecule is CCN[C@H]1C[C@H](C)SC2=C1C=C(S(N)(=O)=O)S2(=O)=O. The van der Waals surface area contributed by atoms with E-state index in [9.17, 15) is 16.8 Å². The standard InChI is InChI=1S/C10H16N2O4S3/c1-3-12-8-4-6(2)17-10-7(8)5-9(18(10,13)14)19(11,15)16/h5-6,8,12H,3-4H2,1-2H3,(H2,11,15,16)/t6-,8-/m0/s1. The van der Waals surface area contributed by atoms with Gasteiger partial charge < -0.3 is 5.32 Å². The highest BCUT2D eigenvalue weighted by Gasteiger charge is 2.43. The first-order chi connectivity index (χ1) is 8.67. The molecular weight excluding hydrogens is 308 g/mol. The average Bonchev–Trinajstić information content (AvgIpc) is 2.51. The van der Waals surface area contributed by atoms with Crippen molar-refractivity contribution in [2.75, 3.05) is 6.54 Å². The summed E-state index contributed by atoms with van der Waals surface area (Å²) < 4.78 is 46.7. The van der Waals surface area contributed by atoms with Gasteiger partial charge in [0.05, 0.1) is 0 Å². The van der Waals surface area contributed by atoms with Gasteiger partial charge in [0, 0.05) is 11.3 Å². The summed E-state index contributed by atoms with van der Waals surface area (Å²) in [6, 6.07) is -0.148. The van der Waals surface area contributed by atoms with Crippen LogP contribution in [0.5, 0.6) is 0 Å². The third kappa shape index (κ3) is 2.62. The summed E-state index contributed by atoms with van der Waals surface area (Å²) in [4.78, 5) is 0. The Morgan fingerprint density at radius 3 is 2.68 bits per heavy atom. The number of hydrogen-bond acceptors (Lipinski definition) is 6. The number of sulfonamides is 1. The van der Waals surface area contributed by atoms with Crippen LogP contribution in [-0.2, 0) is 19.9 Å². The van der Waals surface area contributed by atoms with Crippen LogP contribution in [0.15, 0.2) is 20.1 Å². The van der Waals surface area contributed by atoms with Gasteiger partial charge in [-0.15, -0.1) is 11.8 Å². The van der Waals surface area contributed by atoms with E-state index in [1.165, 1.54) is 17.8 Å². The molecule has 0 aromatic heterocycles. The van der Waals surface area contributed by atoms with Crippen LogP contribution in [0.25, 0.3) is 0 Å². The summed E-state index contributed by atoms with van der Waals surface area (Å²) in [5.41, 5.74) is 0.522. The van der Waals surface area contributed by atoms with Crippen molar-refractivity contribution in [3.05, 3.63) is 20.1 Å². The predicted octanol–water partition coefficient (Wildman–Crippen LogP) is 0.260. The van der Waals surface area contributed by atoms with E-state index < -0.39 is 24.1 Å². The molecule has 2 aliphatic heterocycles. The van der Waals surface area contributed by atoms with Crippen LogP contribution in [0.1, 0.15) is 20.3 Å². The first kappa shape index (κ1) is 15.0. The quantitative estimate of drug-likeness (QED) is 0.771. The number of likely N-dealkylation sites (N-methyl/N-ethyl adjacent to an activating group) is 1. The molecule has 0 bridgehead atoms. The molecule has 0 saturated carbocycles. The fraction of sp³-hybridized carbons (Fsp3) is 0.600. The zero-order valence-electron chi connectivity index (χ0n) is 10.6. The van der Waals surface area contributed by atoms with E-state index in [4.69, 9.17) is 5.14 Å². The van der Waals surface area contributed by atoms with Gasteiger partial charge in [-0.25, -0.2) is 22.0 Å². The molecule has 2 rings (SSSR count). The van der Waals surface area contributed by atoms with Gasteiger partial charge in [0.2, 0.25) is 19.9 Å². The Labute approximate surface area is 117 Å². The molecule has 2 aliphatic rings. The van der Waals surface area contributed by atoms with E-state index in [0.717, 1.165) is 6.42 Å². The van der Waals surface area contributed by atoms with Gasteiger partial charge in [0.25, 0.3) is 0 Å². The van der Waals surface area contributed by atoms with Crippen molar-refractivity contribution in [2.45, 2.75) is 31.6 Å². The molecule has 3 N–H and O–H groups in total. The van der Waals surface area contributed by atoms with Gasteiger partial charge in [-0.3, -0.25) is 0 Å². The number of nitrogens with two attached hydrogens (primary N) is 1. The third-order valence-corrected chi connectivity index (χ3v) is 8.40. The summed E-state index contributed by atoms with van der Waals surface area (Å²) in [6.07, 6.45) is 1.95. The number of thioether (sulfide) groups is 1. The molecule has 2 heterocycles. The first-order valence-electron chi connectivity index (χ1n) is 5.81. The second-order valence-corrected chi connectivity index (χ2v) is 9.88. The molecule has 6 nitrogen and oxygen atoms in total. The normalized spacial score (nSPS) is 30.2. The number of nitrogens with one attached hydrogen (secondary N) is 1. The zero-order valence-corrected chi connectivity index (χ0v) is 13.0. The van der Waals surface area contributed by atoms with Crippen molar-refractivity contribution in [3.8, 4) is 0 Å². The fourth-order valence-electron chi connectivity index (χ4n) is 2.25. The number of hydrogen-bond donors (Lipinski definition) is 2. The molecule has 19 heavy (non-hydrogen) atoms. The van der Waals surface area contributed by atoms with E-state index in [0.29, 0.717) is 12.1 Å². The third-order valence-electron chi connectivity index (χ3n) is 3.00. The van der Waals surface area contributed by atoms with Crippen molar-refractivity contribution in [2.24, 2.45) is 5.14 Å². The Bertz CT molecular complexity index is 661. The molecule has 9 heteroatoms. The second kappa shape index (κ2) is 4.88. The zero-order chi connectivity index (χ0) is 14.4. The number of rotatable bonds is 3. The summed E-state index contributed by atoms with van der Waals surface area (Å²) in [6.45, 7) is 4.51. The molecule has 0 unspecified atom stereocenters. The van der Waals surface area contributed by atoms with Crippen molar-refractivity contribution >= 4 is 31.6 Å². The highest BCUT2D eigenvalue weighted by Crippen LogP contribution is 2.46. The average molecular weight is 324 g/mol. The molecule has 0 spiro atoms. The lowest BCUT2D eigenvalue weighted by molar-refractivity contribution is 0.553. The van der Waals surface area contributed by atoms with Gasteiger partial charge in [-0.2, -0.15) is 0 Å². The van der Waals surface area contributed by atoms with Crippen molar-refractivity contribution in [3.63, 3.8) is 0 Å². The van der Waals surface area contributed by atoms with E-state index >= 15 is 0 Å². The van der Waals surface area contributed by atoms with Crippen molar-refractivity contribution in [1.29, 1.82) is 0 Å². The van der Waals surface area contributed by atoms with Crippen LogP contribution in [-0.4, -0.2) is 34.7 Å². The molecule has 0 saturated heterocycles. The van der Waals surface area contributed by atoms with Crippen molar-refractivity contribution < 1.29 is 16.8 Å². The molecule has 0 aromatic carbocycles. The molecule has 0 radical (unpaired) electrons. The number of sulfone groups is 1. The van der Waals surface area contributed by atoms with Crippen LogP contribution in [0, 0.1) is 0 Å². The Morgan fingerprint density at radius 1 is 1.53 bits per heavy atom. The maximum atomic E-state index is 12.2. The van der Waals surface area contributed by atoms with Crippen LogP contribution in [0.3, 0.4) is 0 Å². The predicted molar refractivity (Wildman–Crippen MR) is 76.3 cm³/mol. The lowest BCUT2D eigenvalue weighted by Crippen LogP contribution is -2.35. The molecule has 0 fully saturated rings. The van der Waals surface area contributed by atoms with E-state index in [1.807, 2.05) is 13.8 Å². The molecule has 0 amide bonds. The smallest absolute Gasteiger partial charge is 0.249 e. The van der Waals surface area contributed by atoms with Gasteiger partial charge in [0.1, 0.15) is 4.24 Å². The van der Waals surface area contributed by atoms with Gasteiger partial charge in [-0.05, 0) is 24.6 Å². The Kier molecular flexibility index (Phi) is 3.87. The second-order valence-electron chi connectivity index (χ2n) is 4.53. The minimum Gasteiger partial charge on any atom is -0.310 e. The molecule has 0 aliphatic carbocycles. The fourth-order valence-corrected chi connectivity index (χ4v) is 7.41. The molecular formula is C10H16N2O4S3. The summed E-state index contributed by atoms with van der Waals surface area (Å²) in [7, 11) is -8.21. The maximum Gasteiger partial charge on any atom is 0.249 e. The summed E-state index contributed by atoms with van der Waals surface area (Å²) in [5.74, 6) is 0. The largest absolute Gasteiger partial charge is 0.310 e. The van der Waals surface area contributed by atoms with Crippen LogP contribution in [0.2, 0.25) is 0 Å². The minimum atomic E-state index is -4.23. The highest BCUT2D eigenvalue weighted by atomic mass is 32.3. The maximum absolute atomic E-state index is 12.2. The monoisotopic (exact) mass is 324 g/mol. The lowest BCUT2D eigenvalue weighted by atomic mass is 10.0. The Morgan fingerprint density at radius 2 is 2.16 bits per heavy atom. The van der Waals surface area contributed by atoms with Crippen LogP contribution >= 0.6 is 11.8 Å². The number of primary sulfonamides is 1. The topological polar surface area (TPSA) is 106 Å². The van der Waals surface area contributed by atoms with E-state index in [-0.39, 0.29) is 15.5 Å². The Hall–Kier alpha value is -0.350. The van der Waals surface area contributed by atoms with Gasteiger partial charge >= 0.3 is 0 Å². The highest BCUT2D eigenvalue weighted by molar-refractivity contribution is 8.26. The molecule has 2 atom stereocenters. The lowest BCUT2D eigenvalue weighted by Gasteiger charge is -2.27. The summed E-state index contributed by atoms with van der Waals surface area (Å²) >= 11 is 1.19. The summed E-state index contributed by atoms with van der Waals surface area (Å²) in [5, 5.41) is 8.28. The minimum absolute atomic E-state index is 0.103. The van der Waals surface area contributed by atoms with E-state index in [2.05, 4.69) is 5.32 Å². The Balaban J connectivity index is 2.56. The molecule has 0 aromatic rings.